The molecule has 0 aliphatic heterocycles. The van der Waals surface area contributed by atoms with Crippen LogP contribution in [-0.4, -0.2) is 16.5 Å². The number of nitrogens with two attached hydrogens (primary N) is 1. The molecule has 0 fully saturated rings. The molecule has 0 unspecified atom stereocenters. The summed E-state index contributed by atoms with van der Waals surface area (Å²) in [5.41, 5.74) is 3.60. The second-order valence-corrected chi connectivity index (χ2v) is 4.73. The van der Waals surface area contributed by atoms with Crippen molar-refractivity contribution < 1.29 is 0 Å². The highest BCUT2D eigenvalue weighted by atomic mass is 15.3. The third kappa shape index (κ3) is 3.66. The van der Waals surface area contributed by atoms with Crippen LogP contribution in [0.25, 0.3) is 0 Å². The van der Waals surface area contributed by atoms with Crippen LogP contribution in [0.15, 0.2) is 6.07 Å². The summed E-state index contributed by atoms with van der Waals surface area (Å²) in [6.07, 6.45) is 1.12. The molecule has 1 aromatic rings. The van der Waals surface area contributed by atoms with Gasteiger partial charge in [-0.25, -0.2) is 10.8 Å². The third-order valence-electron chi connectivity index (χ3n) is 2.69. The molecule has 0 saturated carbocycles. The first-order valence-electron chi connectivity index (χ1n) is 5.53. The summed E-state index contributed by atoms with van der Waals surface area (Å²) in [7, 11) is 0. The summed E-state index contributed by atoms with van der Waals surface area (Å²) >= 11 is 0. The lowest BCUT2D eigenvalue weighted by molar-refractivity contribution is 0.376. The molecule has 16 heavy (non-hydrogen) atoms. The van der Waals surface area contributed by atoms with Gasteiger partial charge in [-0.3, -0.25) is 5.43 Å². The Bertz CT molecular complexity index is 348. The van der Waals surface area contributed by atoms with Crippen molar-refractivity contribution in [3.8, 4) is 0 Å². The maximum atomic E-state index is 5.29. The lowest BCUT2D eigenvalue weighted by atomic mass is 9.90. The third-order valence-corrected chi connectivity index (χ3v) is 2.69. The number of aryl methyl sites for hydroxylation is 1. The van der Waals surface area contributed by atoms with Crippen LogP contribution in [0.3, 0.4) is 0 Å². The molecule has 0 amide bonds. The van der Waals surface area contributed by atoms with Crippen LogP contribution in [0.1, 0.15) is 32.9 Å². The van der Waals surface area contributed by atoms with E-state index in [9.17, 15) is 0 Å². The fourth-order valence-electron chi connectivity index (χ4n) is 1.18. The maximum Gasteiger partial charge on any atom is 0.239 e. The van der Waals surface area contributed by atoms with Gasteiger partial charge in [-0.1, -0.05) is 20.8 Å². The minimum atomic E-state index is 0.259. The van der Waals surface area contributed by atoms with E-state index in [1.165, 1.54) is 0 Å². The van der Waals surface area contributed by atoms with Crippen LogP contribution in [0.5, 0.6) is 0 Å². The van der Waals surface area contributed by atoms with E-state index >= 15 is 0 Å². The molecule has 0 bridgehead atoms. The van der Waals surface area contributed by atoms with E-state index in [1.54, 1.807) is 0 Å². The first-order valence-corrected chi connectivity index (χ1v) is 5.53. The van der Waals surface area contributed by atoms with Gasteiger partial charge in [0.2, 0.25) is 5.95 Å². The highest BCUT2D eigenvalue weighted by molar-refractivity contribution is 5.41. The number of nitrogens with zero attached hydrogens (tertiary/aromatic N) is 2. The number of aromatic nitrogens is 2. The Balaban J connectivity index is 2.70. The van der Waals surface area contributed by atoms with E-state index in [0.717, 1.165) is 24.5 Å². The molecule has 1 aromatic heterocycles. The fourth-order valence-corrected chi connectivity index (χ4v) is 1.18. The molecule has 1 heterocycles. The van der Waals surface area contributed by atoms with Gasteiger partial charge in [0.15, 0.2) is 0 Å². The number of hydrazine groups is 1. The van der Waals surface area contributed by atoms with Crippen molar-refractivity contribution in [3.63, 3.8) is 0 Å². The molecule has 0 radical (unpaired) electrons. The summed E-state index contributed by atoms with van der Waals surface area (Å²) in [5.74, 6) is 6.54. The monoisotopic (exact) mass is 223 g/mol. The lowest BCUT2D eigenvalue weighted by Crippen LogP contribution is -2.23. The predicted octanol–water partition coefficient (Wildman–Crippen LogP) is 1.92. The molecule has 0 atom stereocenters. The molecule has 0 saturated heterocycles. The Kier molecular flexibility index (Phi) is 4.06. The van der Waals surface area contributed by atoms with Crippen molar-refractivity contribution in [2.75, 3.05) is 17.3 Å². The summed E-state index contributed by atoms with van der Waals surface area (Å²) < 4.78 is 0. The molecule has 0 aliphatic carbocycles. The summed E-state index contributed by atoms with van der Waals surface area (Å²) in [6.45, 7) is 9.41. The Morgan fingerprint density at radius 1 is 1.38 bits per heavy atom. The SMILES string of the molecule is CCC(C)(C)CNc1cc(C)nc(NN)n1. The van der Waals surface area contributed by atoms with E-state index in [4.69, 9.17) is 5.84 Å². The molecular weight excluding hydrogens is 202 g/mol. The second-order valence-electron chi connectivity index (χ2n) is 4.73. The number of nitrogens with one attached hydrogen (secondary N) is 2. The molecule has 0 spiro atoms. The van der Waals surface area contributed by atoms with E-state index in [0.29, 0.717) is 5.95 Å². The van der Waals surface area contributed by atoms with Gasteiger partial charge < -0.3 is 5.32 Å². The molecule has 0 aromatic carbocycles. The van der Waals surface area contributed by atoms with Crippen molar-refractivity contribution in [1.29, 1.82) is 0 Å². The maximum absolute atomic E-state index is 5.29. The van der Waals surface area contributed by atoms with Crippen LogP contribution in [0.2, 0.25) is 0 Å². The molecule has 4 N–H and O–H groups in total. The van der Waals surface area contributed by atoms with Gasteiger partial charge in [0.05, 0.1) is 0 Å². The Hall–Kier alpha value is -1.36. The van der Waals surface area contributed by atoms with Gasteiger partial charge in [-0.05, 0) is 18.8 Å². The topological polar surface area (TPSA) is 75.9 Å². The average Bonchev–Trinajstić information content (AvgIpc) is 2.26. The van der Waals surface area contributed by atoms with Crippen LogP contribution >= 0.6 is 0 Å². The first-order chi connectivity index (χ1) is 7.46. The molecule has 5 nitrogen and oxygen atoms in total. The molecular formula is C11H21N5. The van der Waals surface area contributed by atoms with Gasteiger partial charge in [0.25, 0.3) is 0 Å². The predicted molar refractivity (Wildman–Crippen MR) is 67.1 cm³/mol. The van der Waals surface area contributed by atoms with Crippen molar-refractivity contribution in [2.45, 2.75) is 34.1 Å². The van der Waals surface area contributed by atoms with Crippen molar-refractivity contribution in [2.24, 2.45) is 11.3 Å². The van der Waals surface area contributed by atoms with Crippen molar-refractivity contribution >= 4 is 11.8 Å². The van der Waals surface area contributed by atoms with Crippen molar-refractivity contribution in [1.82, 2.24) is 9.97 Å². The second kappa shape index (κ2) is 5.12. The summed E-state index contributed by atoms with van der Waals surface area (Å²) in [6, 6.07) is 1.91. The zero-order valence-corrected chi connectivity index (χ0v) is 10.5. The van der Waals surface area contributed by atoms with Crippen LogP contribution in [0, 0.1) is 12.3 Å². The average molecular weight is 223 g/mol. The Morgan fingerprint density at radius 2 is 2.06 bits per heavy atom. The fraction of sp³-hybridized carbons (Fsp3) is 0.636. The van der Waals surface area contributed by atoms with E-state index in [1.807, 2.05) is 13.0 Å². The van der Waals surface area contributed by atoms with Gasteiger partial charge in [0.1, 0.15) is 5.82 Å². The molecule has 90 valence electrons. The summed E-state index contributed by atoms with van der Waals surface area (Å²) in [5, 5.41) is 3.30. The van der Waals surface area contributed by atoms with Gasteiger partial charge in [-0.2, -0.15) is 4.98 Å². The molecule has 0 aliphatic rings. The highest BCUT2D eigenvalue weighted by Crippen LogP contribution is 2.20. The minimum Gasteiger partial charge on any atom is -0.369 e. The number of hydrogen-bond acceptors (Lipinski definition) is 5. The van der Waals surface area contributed by atoms with E-state index in [2.05, 4.69) is 41.5 Å². The smallest absolute Gasteiger partial charge is 0.239 e. The Labute approximate surface area is 96.8 Å². The van der Waals surface area contributed by atoms with E-state index in [-0.39, 0.29) is 5.41 Å². The number of hydrogen-bond donors (Lipinski definition) is 3. The first kappa shape index (κ1) is 12.7. The zero-order valence-electron chi connectivity index (χ0n) is 10.5. The highest BCUT2D eigenvalue weighted by Gasteiger charge is 2.14. The van der Waals surface area contributed by atoms with E-state index < -0.39 is 0 Å². The van der Waals surface area contributed by atoms with Crippen LogP contribution < -0.4 is 16.6 Å². The van der Waals surface area contributed by atoms with Gasteiger partial charge >= 0.3 is 0 Å². The normalized spacial score (nSPS) is 11.3. The van der Waals surface area contributed by atoms with Gasteiger partial charge in [0, 0.05) is 18.3 Å². The van der Waals surface area contributed by atoms with Gasteiger partial charge in [-0.15, -0.1) is 0 Å². The summed E-state index contributed by atoms with van der Waals surface area (Å²) in [4.78, 5) is 8.36. The minimum absolute atomic E-state index is 0.259. The standard InChI is InChI=1S/C11H21N5/c1-5-11(3,4)7-13-9-6-8(2)14-10(15-9)16-12/h6H,5,7,12H2,1-4H3,(H2,13,14,15,16). The quantitative estimate of drug-likeness (QED) is 0.525. The zero-order chi connectivity index (χ0) is 12.2. The van der Waals surface area contributed by atoms with Crippen LogP contribution in [-0.2, 0) is 0 Å². The Morgan fingerprint density at radius 3 is 2.62 bits per heavy atom. The van der Waals surface area contributed by atoms with Crippen LogP contribution in [0.4, 0.5) is 11.8 Å². The number of anilines is 2. The lowest BCUT2D eigenvalue weighted by Gasteiger charge is -2.23. The largest absolute Gasteiger partial charge is 0.369 e. The van der Waals surface area contributed by atoms with Crippen molar-refractivity contribution in [3.05, 3.63) is 11.8 Å². The number of nitrogen functional groups attached to an aromatic ring is 1. The molecule has 5 heteroatoms. The number of rotatable bonds is 5. The molecule has 1 rings (SSSR count).